The summed E-state index contributed by atoms with van der Waals surface area (Å²) in [5.41, 5.74) is 4.07. The Morgan fingerprint density at radius 3 is 1.50 bits per heavy atom. The maximum Gasteiger partial charge on any atom is 0.420 e. The molecule has 2 aliphatic rings. The van der Waals surface area contributed by atoms with E-state index >= 15 is 0 Å². The Morgan fingerprint density at radius 1 is 0.821 bits per heavy atom. The van der Waals surface area contributed by atoms with Gasteiger partial charge in [0.05, 0.1) is 12.2 Å². The van der Waals surface area contributed by atoms with Crippen LogP contribution in [0.2, 0.25) is 0 Å². The molecule has 2 saturated carbocycles. The summed E-state index contributed by atoms with van der Waals surface area (Å²) in [4.78, 5) is 25.6. The second-order valence-corrected chi connectivity index (χ2v) is 9.68. The van der Waals surface area contributed by atoms with Crippen molar-refractivity contribution in [2.45, 2.75) is 116 Å². The Morgan fingerprint density at radius 2 is 1.25 bits per heavy atom. The Bertz CT molecular complexity index is 490. The zero-order valence-corrected chi connectivity index (χ0v) is 18.1. The smallest absolute Gasteiger partial charge is 0.420 e. The highest BCUT2D eigenvalue weighted by molar-refractivity contribution is 5.88. The predicted molar refractivity (Wildman–Crippen MR) is 106 cm³/mol. The molecule has 28 heavy (non-hydrogen) atoms. The third-order valence-corrected chi connectivity index (χ3v) is 4.37. The summed E-state index contributed by atoms with van der Waals surface area (Å²) in [6.07, 6.45) is 2.14. The van der Waals surface area contributed by atoms with Crippen LogP contribution >= 0.6 is 0 Å². The minimum absolute atomic E-state index is 0.102. The fourth-order valence-electron chi connectivity index (χ4n) is 3.16. The van der Waals surface area contributed by atoms with Crippen LogP contribution in [0.25, 0.3) is 0 Å². The van der Waals surface area contributed by atoms with Crippen LogP contribution in [-0.2, 0) is 9.47 Å². The fourth-order valence-corrected chi connectivity index (χ4v) is 3.16. The third kappa shape index (κ3) is 9.21. The number of nitrogens with two attached hydrogens (primary N) is 1. The van der Waals surface area contributed by atoms with Crippen LogP contribution in [0.3, 0.4) is 0 Å². The lowest BCUT2D eigenvalue weighted by Gasteiger charge is -2.31. The SMILES string of the molecule is CC(C)(C)OC(=O)N(C(=O)OC(C)(C)C)[C@H]1CC[C@@H](O)C1.N[C@H]1CC[C@@H](O)C1. The van der Waals surface area contributed by atoms with E-state index < -0.39 is 29.5 Å². The molecule has 2 amide bonds. The summed E-state index contributed by atoms with van der Waals surface area (Å²) in [5.74, 6) is 0. The molecule has 0 aromatic heterocycles. The molecule has 4 N–H and O–H groups in total. The van der Waals surface area contributed by atoms with Crippen LogP contribution in [0.1, 0.15) is 80.1 Å². The van der Waals surface area contributed by atoms with E-state index in [2.05, 4.69) is 0 Å². The van der Waals surface area contributed by atoms with E-state index in [0.29, 0.717) is 19.3 Å². The number of aliphatic hydroxyl groups excluding tert-OH is 2. The summed E-state index contributed by atoms with van der Waals surface area (Å²) in [6.45, 7) is 10.4. The fraction of sp³-hybridized carbons (Fsp3) is 0.900. The lowest BCUT2D eigenvalue weighted by molar-refractivity contribution is -0.00761. The highest BCUT2D eigenvalue weighted by Gasteiger charge is 2.39. The van der Waals surface area contributed by atoms with Gasteiger partial charge < -0.3 is 25.4 Å². The molecule has 4 atom stereocenters. The molecule has 164 valence electrons. The Hall–Kier alpha value is -1.38. The third-order valence-electron chi connectivity index (χ3n) is 4.37. The van der Waals surface area contributed by atoms with Crippen LogP contribution in [0.15, 0.2) is 0 Å². The van der Waals surface area contributed by atoms with Gasteiger partial charge in [-0.15, -0.1) is 0 Å². The van der Waals surface area contributed by atoms with Crippen molar-refractivity contribution in [2.75, 3.05) is 0 Å². The maximum atomic E-state index is 12.3. The Kier molecular flexibility index (Phi) is 8.71. The van der Waals surface area contributed by atoms with Gasteiger partial charge in [0.25, 0.3) is 0 Å². The second-order valence-electron chi connectivity index (χ2n) is 9.68. The first-order valence-electron chi connectivity index (χ1n) is 10.0. The van der Waals surface area contributed by atoms with Gasteiger partial charge in [-0.1, -0.05) is 0 Å². The van der Waals surface area contributed by atoms with E-state index in [1.54, 1.807) is 41.5 Å². The number of hydrogen-bond donors (Lipinski definition) is 3. The summed E-state index contributed by atoms with van der Waals surface area (Å²) in [5, 5.41) is 18.5. The molecule has 2 aliphatic carbocycles. The first-order valence-corrected chi connectivity index (χ1v) is 10.0. The summed E-state index contributed by atoms with van der Waals surface area (Å²) in [6, 6.07) is -0.111. The molecule has 0 heterocycles. The lowest BCUT2D eigenvalue weighted by Crippen LogP contribution is -2.48. The molecule has 0 aromatic rings. The van der Waals surface area contributed by atoms with E-state index in [9.17, 15) is 14.7 Å². The van der Waals surface area contributed by atoms with E-state index in [1.807, 2.05) is 0 Å². The summed E-state index contributed by atoms with van der Waals surface area (Å²) >= 11 is 0. The van der Waals surface area contributed by atoms with Crippen LogP contribution in [0.4, 0.5) is 9.59 Å². The second kappa shape index (κ2) is 9.89. The van der Waals surface area contributed by atoms with Gasteiger partial charge in [0.2, 0.25) is 0 Å². The molecule has 2 fully saturated rings. The highest BCUT2D eigenvalue weighted by Crippen LogP contribution is 2.27. The van der Waals surface area contributed by atoms with Crippen LogP contribution in [0.5, 0.6) is 0 Å². The zero-order chi connectivity index (χ0) is 21.7. The molecule has 0 aromatic carbocycles. The maximum absolute atomic E-state index is 12.3. The molecule has 8 heteroatoms. The topological polar surface area (TPSA) is 122 Å². The van der Waals surface area contributed by atoms with Gasteiger partial charge in [0, 0.05) is 12.1 Å². The molecule has 0 spiro atoms. The van der Waals surface area contributed by atoms with Crippen molar-refractivity contribution < 1.29 is 29.3 Å². The normalized spacial score (nSPS) is 27.6. The number of carbonyl (C=O) groups excluding carboxylic acids is 2. The van der Waals surface area contributed by atoms with Crippen LogP contribution in [0, 0.1) is 0 Å². The standard InChI is InChI=1S/C15H27NO5.C5H11NO/c1-14(2,3)20-12(18)16(10-7-8-11(17)9-10)13(19)21-15(4,5)6;6-4-1-2-5(7)3-4/h10-11,17H,7-9H2,1-6H3;4-5,7H,1-3,6H2/t10-,11+;4-,5+/m00/s1. The molecular weight excluding hydrogens is 364 g/mol. The van der Waals surface area contributed by atoms with E-state index in [1.165, 1.54) is 0 Å². The average Bonchev–Trinajstić information content (AvgIpc) is 3.04. The van der Waals surface area contributed by atoms with Crippen molar-refractivity contribution in [1.82, 2.24) is 4.90 Å². The van der Waals surface area contributed by atoms with E-state index in [0.717, 1.165) is 24.2 Å². The van der Waals surface area contributed by atoms with Gasteiger partial charge in [0.15, 0.2) is 0 Å². The average molecular weight is 403 g/mol. The number of nitrogens with zero attached hydrogens (tertiary/aromatic N) is 1. The molecule has 8 nitrogen and oxygen atoms in total. The number of rotatable bonds is 1. The van der Waals surface area contributed by atoms with Gasteiger partial charge in [-0.05, 0) is 80.1 Å². The Labute approximate surface area is 168 Å². The highest BCUT2D eigenvalue weighted by atomic mass is 16.6. The molecule has 0 saturated heterocycles. The first-order chi connectivity index (χ1) is 12.7. The van der Waals surface area contributed by atoms with Crippen LogP contribution in [-0.4, -0.2) is 62.8 Å². The van der Waals surface area contributed by atoms with Crippen molar-refractivity contribution in [2.24, 2.45) is 5.73 Å². The van der Waals surface area contributed by atoms with Gasteiger partial charge in [-0.3, -0.25) is 0 Å². The van der Waals surface area contributed by atoms with Crippen molar-refractivity contribution in [3.8, 4) is 0 Å². The monoisotopic (exact) mass is 402 g/mol. The Balaban J connectivity index is 0.000000467. The van der Waals surface area contributed by atoms with Crippen molar-refractivity contribution in [3.05, 3.63) is 0 Å². The van der Waals surface area contributed by atoms with E-state index in [-0.39, 0.29) is 18.2 Å². The number of carbonyl (C=O) groups is 2. The minimum atomic E-state index is -0.726. The number of aliphatic hydroxyl groups is 2. The minimum Gasteiger partial charge on any atom is -0.443 e. The zero-order valence-electron chi connectivity index (χ0n) is 18.1. The lowest BCUT2D eigenvalue weighted by atomic mass is 10.2. The van der Waals surface area contributed by atoms with Gasteiger partial charge in [0.1, 0.15) is 11.2 Å². The van der Waals surface area contributed by atoms with Crippen LogP contribution < -0.4 is 5.73 Å². The number of ether oxygens (including phenoxy) is 2. The van der Waals surface area contributed by atoms with Crippen molar-refractivity contribution in [3.63, 3.8) is 0 Å². The molecule has 0 radical (unpaired) electrons. The molecular formula is C20H38N2O6. The number of imide groups is 1. The molecule has 0 aliphatic heterocycles. The quantitative estimate of drug-likeness (QED) is 0.616. The summed E-state index contributed by atoms with van der Waals surface area (Å²) in [7, 11) is 0. The largest absolute Gasteiger partial charge is 0.443 e. The van der Waals surface area contributed by atoms with Crippen molar-refractivity contribution in [1.29, 1.82) is 0 Å². The molecule has 0 bridgehead atoms. The number of hydrogen-bond acceptors (Lipinski definition) is 7. The molecule has 2 rings (SSSR count). The van der Waals surface area contributed by atoms with Crippen molar-refractivity contribution >= 4 is 12.2 Å². The predicted octanol–water partition coefficient (Wildman–Crippen LogP) is 2.93. The van der Waals surface area contributed by atoms with Gasteiger partial charge in [-0.2, -0.15) is 0 Å². The van der Waals surface area contributed by atoms with Gasteiger partial charge in [-0.25, -0.2) is 14.5 Å². The number of amides is 2. The first kappa shape index (κ1) is 24.7. The van der Waals surface area contributed by atoms with Gasteiger partial charge >= 0.3 is 12.2 Å². The van der Waals surface area contributed by atoms with E-state index in [4.69, 9.17) is 20.3 Å². The summed E-state index contributed by atoms with van der Waals surface area (Å²) < 4.78 is 10.6. The molecule has 0 unspecified atom stereocenters.